The first-order chi connectivity index (χ1) is 15.5. The van der Waals surface area contributed by atoms with Crippen molar-refractivity contribution in [3.05, 3.63) is 57.5 Å². The molecule has 5 heterocycles. The summed E-state index contributed by atoms with van der Waals surface area (Å²) in [6.07, 6.45) is 6.93. The number of aromatic nitrogens is 4. The predicted octanol–water partition coefficient (Wildman–Crippen LogP) is 1.50. The Labute approximate surface area is 186 Å². The van der Waals surface area contributed by atoms with E-state index in [0.29, 0.717) is 30.0 Å². The standard InChI is InChI=1S/C23H29N7O2/c1-4-15-9-29-10-16(26-23(29)27-21(15)31)11-30-17-5-6-18(30)13-28(12-17)20-8-7-19(22(32)24-3)25-14(20)2/h7-10,17-18H,4-6,11-13H2,1-3H3,(H,24,32)(H,26,27,31). The summed E-state index contributed by atoms with van der Waals surface area (Å²) in [4.78, 5) is 41.0. The maximum atomic E-state index is 12.1. The number of aromatic amines is 1. The average molecular weight is 436 g/mol. The smallest absolute Gasteiger partial charge is 0.269 e. The van der Waals surface area contributed by atoms with E-state index in [0.717, 1.165) is 55.1 Å². The van der Waals surface area contributed by atoms with Gasteiger partial charge in [0.25, 0.3) is 11.5 Å². The Balaban J connectivity index is 1.33. The number of amides is 1. The third-order valence-electron chi connectivity index (χ3n) is 6.81. The average Bonchev–Trinajstić information content (AvgIpc) is 3.27. The van der Waals surface area contributed by atoms with Crippen molar-refractivity contribution >= 4 is 17.4 Å². The number of imidazole rings is 1. The third-order valence-corrected chi connectivity index (χ3v) is 6.81. The van der Waals surface area contributed by atoms with Crippen LogP contribution in [-0.2, 0) is 13.0 Å². The van der Waals surface area contributed by atoms with Crippen molar-refractivity contribution in [3.8, 4) is 0 Å². The van der Waals surface area contributed by atoms with E-state index in [1.54, 1.807) is 13.1 Å². The molecule has 2 N–H and O–H groups in total. The van der Waals surface area contributed by atoms with Gasteiger partial charge in [-0.15, -0.1) is 0 Å². The summed E-state index contributed by atoms with van der Waals surface area (Å²) >= 11 is 0. The van der Waals surface area contributed by atoms with Crippen LogP contribution in [0.3, 0.4) is 0 Å². The van der Waals surface area contributed by atoms with Crippen LogP contribution in [0, 0.1) is 6.92 Å². The first-order valence-corrected chi connectivity index (χ1v) is 11.3. The fraction of sp³-hybridized carbons (Fsp3) is 0.478. The first kappa shape index (κ1) is 20.7. The number of carbonyl (C=O) groups excluding carboxylic acids is 1. The second-order valence-electron chi connectivity index (χ2n) is 8.77. The summed E-state index contributed by atoms with van der Waals surface area (Å²) in [7, 11) is 1.62. The molecule has 3 aromatic rings. The number of anilines is 1. The fourth-order valence-electron chi connectivity index (χ4n) is 5.15. The number of nitrogens with one attached hydrogen (secondary N) is 2. The van der Waals surface area contributed by atoms with Crippen molar-refractivity contribution in [1.82, 2.24) is 29.6 Å². The van der Waals surface area contributed by atoms with Gasteiger partial charge >= 0.3 is 0 Å². The second kappa shape index (κ2) is 8.05. The lowest BCUT2D eigenvalue weighted by Gasteiger charge is -2.42. The highest BCUT2D eigenvalue weighted by Gasteiger charge is 2.40. The van der Waals surface area contributed by atoms with Crippen molar-refractivity contribution in [2.75, 3.05) is 25.0 Å². The minimum atomic E-state index is -0.163. The monoisotopic (exact) mass is 435 g/mol. The van der Waals surface area contributed by atoms with E-state index in [4.69, 9.17) is 0 Å². The van der Waals surface area contributed by atoms with Gasteiger partial charge < -0.3 is 10.2 Å². The maximum absolute atomic E-state index is 12.1. The van der Waals surface area contributed by atoms with Gasteiger partial charge in [-0.25, -0.2) is 9.97 Å². The summed E-state index contributed by atoms with van der Waals surface area (Å²) in [6, 6.07) is 4.71. The van der Waals surface area contributed by atoms with Crippen LogP contribution in [0.5, 0.6) is 0 Å². The molecule has 1 amide bonds. The van der Waals surface area contributed by atoms with Gasteiger partial charge in [0.1, 0.15) is 5.69 Å². The zero-order valence-corrected chi connectivity index (χ0v) is 18.8. The van der Waals surface area contributed by atoms with Gasteiger partial charge in [-0.3, -0.25) is 23.9 Å². The van der Waals surface area contributed by atoms with Crippen molar-refractivity contribution in [1.29, 1.82) is 0 Å². The van der Waals surface area contributed by atoms with Crippen LogP contribution in [0.15, 0.2) is 29.3 Å². The molecule has 9 heteroatoms. The number of hydrogen-bond donors (Lipinski definition) is 2. The van der Waals surface area contributed by atoms with Gasteiger partial charge in [-0.1, -0.05) is 6.92 Å². The summed E-state index contributed by atoms with van der Waals surface area (Å²) in [5.41, 5.74) is 4.12. The minimum Gasteiger partial charge on any atom is -0.367 e. The molecule has 2 atom stereocenters. The molecule has 0 aliphatic carbocycles. The number of fused-ring (bicyclic) bond motifs is 3. The SMILES string of the molecule is CCc1cn2cc(CN3C4CCC3CN(c3ccc(C(=O)NC)nc3C)C4)nc2[nH]c1=O. The number of pyridine rings is 1. The van der Waals surface area contributed by atoms with Crippen LogP contribution in [-0.4, -0.2) is 62.4 Å². The maximum Gasteiger partial charge on any atom is 0.269 e. The lowest BCUT2D eigenvalue weighted by Crippen LogP contribution is -2.53. The molecule has 0 spiro atoms. The topological polar surface area (TPSA) is 98.6 Å². The van der Waals surface area contributed by atoms with Gasteiger partial charge in [-0.2, -0.15) is 0 Å². The number of hydrogen-bond acceptors (Lipinski definition) is 6. The van der Waals surface area contributed by atoms with E-state index < -0.39 is 0 Å². The summed E-state index contributed by atoms with van der Waals surface area (Å²) in [5.74, 6) is 0.440. The molecule has 2 bridgehead atoms. The molecule has 3 aromatic heterocycles. The molecule has 0 saturated carbocycles. The van der Waals surface area contributed by atoms with Gasteiger partial charge in [0.2, 0.25) is 5.78 Å². The molecule has 2 aliphatic heterocycles. The number of piperazine rings is 1. The van der Waals surface area contributed by atoms with Crippen LogP contribution >= 0.6 is 0 Å². The molecule has 2 aliphatic rings. The molecule has 168 valence electrons. The third kappa shape index (κ3) is 3.56. The molecule has 5 rings (SSSR count). The number of rotatable bonds is 5. The van der Waals surface area contributed by atoms with Gasteiger partial charge in [0.15, 0.2) is 0 Å². The molecule has 0 aromatic carbocycles. The molecule has 2 fully saturated rings. The Morgan fingerprint density at radius 2 is 1.94 bits per heavy atom. The number of aryl methyl sites for hydroxylation is 2. The number of nitrogens with zero attached hydrogens (tertiary/aromatic N) is 5. The number of carbonyl (C=O) groups is 1. The summed E-state index contributed by atoms with van der Waals surface area (Å²) < 4.78 is 1.93. The second-order valence-corrected chi connectivity index (χ2v) is 8.77. The van der Waals surface area contributed by atoms with Crippen molar-refractivity contribution in [3.63, 3.8) is 0 Å². The first-order valence-electron chi connectivity index (χ1n) is 11.3. The normalized spacial score (nSPS) is 20.8. The van der Waals surface area contributed by atoms with E-state index in [1.165, 1.54) is 0 Å². The lowest BCUT2D eigenvalue weighted by molar-refractivity contribution is 0.0958. The molecule has 2 unspecified atom stereocenters. The van der Waals surface area contributed by atoms with Crippen LogP contribution in [0.25, 0.3) is 5.78 Å². The molecule has 32 heavy (non-hydrogen) atoms. The Kier molecular flexibility index (Phi) is 5.21. The highest BCUT2D eigenvalue weighted by molar-refractivity contribution is 5.92. The predicted molar refractivity (Wildman–Crippen MR) is 122 cm³/mol. The van der Waals surface area contributed by atoms with Gasteiger partial charge in [0, 0.05) is 56.7 Å². The van der Waals surface area contributed by atoms with Crippen LogP contribution in [0.4, 0.5) is 5.69 Å². The van der Waals surface area contributed by atoms with Gasteiger partial charge in [0.05, 0.1) is 17.1 Å². The molecular formula is C23H29N7O2. The lowest BCUT2D eigenvalue weighted by atomic mass is 10.1. The summed E-state index contributed by atoms with van der Waals surface area (Å²) in [5, 5.41) is 2.63. The Bertz CT molecular complexity index is 1220. The zero-order chi connectivity index (χ0) is 22.4. The van der Waals surface area contributed by atoms with Crippen LogP contribution < -0.4 is 15.8 Å². The Hall–Kier alpha value is -3.20. The van der Waals surface area contributed by atoms with Crippen molar-refractivity contribution < 1.29 is 4.79 Å². The molecule has 2 saturated heterocycles. The van der Waals surface area contributed by atoms with Crippen LogP contribution in [0.2, 0.25) is 0 Å². The largest absolute Gasteiger partial charge is 0.367 e. The molecule has 0 radical (unpaired) electrons. The minimum absolute atomic E-state index is 0.0581. The van der Waals surface area contributed by atoms with Gasteiger partial charge in [-0.05, 0) is 38.3 Å². The zero-order valence-electron chi connectivity index (χ0n) is 18.8. The van der Waals surface area contributed by atoms with E-state index in [-0.39, 0.29) is 11.5 Å². The van der Waals surface area contributed by atoms with E-state index in [1.807, 2.05) is 36.7 Å². The Morgan fingerprint density at radius 1 is 1.19 bits per heavy atom. The van der Waals surface area contributed by atoms with Crippen LogP contribution in [0.1, 0.15) is 47.2 Å². The van der Waals surface area contributed by atoms with E-state index in [9.17, 15) is 9.59 Å². The van der Waals surface area contributed by atoms with Crippen molar-refractivity contribution in [2.45, 2.75) is 51.7 Å². The van der Waals surface area contributed by atoms with E-state index in [2.05, 4.69) is 30.1 Å². The number of H-pyrrole nitrogens is 1. The van der Waals surface area contributed by atoms with E-state index >= 15 is 0 Å². The quantitative estimate of drug-likeness (QED) is 0.630. The highest BCUT2D eigenvalue weighted by atomic mass is 16.1. The highest BCUT2D eigenvalue weighted by Crippen LogP contribution is 2.34. The fourth-order valence-corrected chi connectivity index (χ4v) is 5.15. The molecule has 9 nitrogen and oxygen atoms in total. The summed E-state index contributed by atoms with van der Waals surface area (Å²) in [6.45, 7) is 6.60. The Morgan fingerprint density at radius 3 is 2.59 bits per heavy atom. The van der Waals surface area contributed by atoms with Crippen molar-refractivity contribution in [2.24, 2.45) is 0 Å². The molecular weight excluding hydrogens is 406 g/mol.